The van der Waals surface area contributed by atoms with Crippen LogP contribution in [0.25, 0.3) is 111 Å². The largest absolute Gasteiger partial charge is 0.456 e. The Morgan fingerprint density at radius 3 is 1.69 bits per heavy atom. The Bertz CT molecular complexity index is 4780. The topological polar surface area (TPSA) is 13.1 Å². The highest BCUT2D eigenvalue weighted by Crippen LogP contribution is 2.44. The second kappa shape index (κ2) is 11.0. The molecule has 1 aliphatic carbocycles. The van der Waals surface area contributed by atoms with Crippen molar-refractivity contribution in [2.24, 2.45) is 0 Å². The van der Waals surface area contributed by atoms with Gasteiger partial charge < -0.3 is 4.42 Å². The number of hydrogen-bond acceptors (Lipinski definition) is 1. The Kier molecular flexibility index (Phi) is 2.56. The van der Waals surface area contributed by atoms with E-state index >= 15 is 0 Å². The van der Waals surface area contributed by atoms with E-state index in [4.69, 9.17) is 27.7 Å². The molecule has 0 spiro atoms. The zero-order valence-electron chi connectivity index (χ0n) is 55.6. The quantitative estimate of drug-likeness (QED) is 0.170. The van der Waals surface area contributed by atoms with E-state index in [9.17, 15) is 17.8 Å². The van der Waals surface area contributed by atoms with Crippen molar-refractivity contribution in [1.29, 1.82) is 0 Å². The van der Waals surface area contributed by atoms with E-state index in [1.165, 1.54) is 0 Å². The van der Waals surface area contributed by atoms with Crippen molar-refractivity contribution in [2.75, 3.05) is 0 Å². The van der Waals surface area contributed by atoms with Gasteiger partial charge in [-0.2, -0.15) is 0 Å². The average Bonchev–Trinajstić information content (AvgIpc) is 2.40. The molecule has 1 aromatic heterocycles. The fourth-order valence-electron chi connectivity index (χ4n) is 6.52. The summed E-state index contributed by atoms with van der Waals surface area (Å²) in [6.45, 7) is 0. The number of hydrogen-bond donors (Lipinski definition) is 0. The molecule has 1 nitrogen and oxygen atoms in total. The van der Waals surface area contributed by atoms with Crippen LogP contribution in [0.5, 0.6) is 0 Å². The normalized spacial score (nSPS) is 24.4. The van der Waals surface area contributed by atoms with Gasteiger partial charge in [-0.25, -0.2) is 0 Å². The lowest BCUT2D eigenvalue weighted by atomic mass is 9.84. The molecule has 0 saturated carbocycles. The zero-order chi connectivity index (χ0) is 59.6. The summed E-state index contributed by atoms with van der Waals surface area (Å²) in [5.74, 6) is 0. The Labute approximate surface area is 337 Å². The third kappa shape index (κ3) is 4.28. The summed E-state index contributed by atoms with van der Waals surface area (Å²) in [7, 11) is 0. The van der Waals surface area contributed by atoms with Crippen LogP contribution in [-0.4, -0.2) is 0 Å². The number of rotatable bonds is 3. The van der Waals surface area contributed by atoms with Crippen LogP contribution in [0.15, 0.2) is 162 Å². The van der Waals surface area contributed by atoms with Gasteiger partial charge in [-0.3, -0.25) is 0 Å². The van der Waals surface area contributed by atoms with Crippen LogP contribution < -0.4 is 10.4 Å². The Hall–Kier alpha value is -6.44. The van der Waals surface area contributed by atoms with Crippen molar-refractivity contribution in [3.8, 4) is 33.4 Å². The van der Waals surface area contributed by atoms with Crippen LogP contribution in [0.3, 0.4) is 0 Å². The first-order valence-electron chi connectivity index (χ1n) is 30.5. The summed E-state index contributed by atoms with van der Waals surface area (Å²) in [6, 6.07) is -25.9. The van der Waals surface area contributed by atoms with Gasteiger partial charge >= 0.3 is 0 Å². The highest BCUT2D eigenvalue weighted by molar-refractivity contribution is 6.22. The van der Waals surface area contributed by atoms with Gasteiger partial charge in [0.25, 0.3) is 0 Å². The highest BCUT2D eigenvalue weighted by atomic mass is 16.3. The van der Waals surface area contributed by atoms with E-state index in [0.29, 0.717) is 0 Å². The minimum atomic E-state index is -1.95. The third-order valence-corrected chi connectivity index (χ3v) is 8.67. The van der Waals surface area contributed by atoms with Crippen molar-refractivity contribution in [2.45, 2.75) is 12.8 Å². The predicted octanol–water partition coefficient (Wildman–Crippen LogP) is 12.6. The minimum absolute atomic E-state index is 0.380. The van der Waals surface area contributed by atoms with Crippen molar-refractivity contribution >= 4 is 77.1 Å². The lowest BCUT2D eigenvalue weighted by molar-refractivity contribution is 0.669. The maximum Gasteiger partial charge on any atom is 0.136 e. The van der Waals surface area contributed by atoms with Gasteiger partial charge in [0.05, 0.1) is 38.4 Å². The van der Waals surface area contributed by atoms with Gasteiger partial charge in [-0.1, -0.05) is 145 Å². The fraction of sp³-hybridized carbons (Fsp3) is 0.0400. The molecule has 51 heavy (non-hydrogen) atoms. The van der Waals surface area contributed by atoms with Crippen LogP contribution in [-0.2, 0) is 0 Å². The van der Waals surface area contributed by atoms with E-state index in [1.807, 2.05) is 0 Å². The van der Waals surface area contributed by atoms with Crippen LogP contribution >= 0.6 is 0 Å². The third-order valence-electron chi connectivity index (χ3n) is 8.67. The maximum absolute atomic E-state index is 9.85. The van der Waals surface area contributed by atoms with Crippen LogP contribution in [0, 0.1) is 0 Å². The Morgan fingerprint density at radius 1 is 0.412 bits per heavy atom. The van der Waals surface area contributed by atoms with Crippen LogP contribution in [0.2, 0.25) is 0 Å². The molecule has 1 aliphatic rings. The number of fused-ring (bicyclic) bond motifs is 10. The minimum Gasteiger partial charge on any atom is -0.456 e. The first-order valence-corrected chi connectivity index (χ1v) is 15.3. The molecule has 2 atom stereocenters. The molecule has 0 saturated heterocycles. The molecule has 11 rings (SSSR count). The number of benzene rings is 9. The first kappa shape index (κ1) is 11.8. The van der Waals surface area contributed by atoms with Crippen molar-refractivity contribution in [1.82, 2.24) is 0 Å². The van der Waals surface area contributed by atoms with Crippen LogP contribution in [0.1, 0.15) is 53.9 Å². The maximum atomic E-state index is 9.85. The molecule has 0 aliphatic heterocycles. The summed E-state index contributed by atoms with van der Waals surface area (Å²) >= 11 is 0. The smallest absolute Gasteiger partial charge is 0.136 e. The Morgan fingerprint density at radius 2 is 0.961 bits per heavy atom. The van der Waals surface area contributed by atoms with E-state index in [1.54, 1.807) is 0 Å². The van der Waals surface area contributed by atoms with E-state index < -0.39 is 285 Å². The molecule has 0 N–H and O–H groups in total. The van der Waals surface area contributed by atoms with Crippen molar-refractivity contribution in [3.05, 3.63) is 168 Å². The SMILES string of the molecule is [2H]C1=c2c(-c3c4c([2H])c([2H])c([2H])c([2H])c4c(-c4c([2H])c([2H])c(-c5c([2H])c([2H])c6oc7c([2H])c([2H])c8c([2H])c([2H])c([2H])c([2H])c8c7c6c5[2H])c([2H])c4[2H])c4c([2H])c([2H])c([2H])c([2H])c34)c([2H])c3c([2H])c([2H])c([2H])c([2H])c3c2=C([2H])C([2H])C1[2H]. The molecule has 1 heterocycles. The van der Waals surface area contributed by atoms with Crippen molar-refractivity contribution in [3.63, 3.8) is 0 Å². The second-order valence-electron chi connectivity index (χ2n) is 11.4. The molecular weight excluding hydrogens is 617 g/mol. The average molecular weight is 679 g/mol. The molecule has 10 aromatic rings. The van der Waals surface area contributed by atoms with Gasteiger partial charge in [-0.05, 0) is 124 Å². The molecular formula is C50H32O. The molecule has 0 bridgehead atoms. The van der Waals surface area contributed by atoms with Gasteiger partial charge in [0.2, 0.25) is 0 Å². The van der Waals surface area contributed by atoms with E-state index in [0.717, 1.165) is 0 Å². The van der Waals surface area contributed by atoms with Crippen molar-refractivity contribution < 1.29 is 45.5 Å². The zero-order valence-corrected chi connectivity index (χ0v) is 25.6. The molecule has 0 fully saturated rings. The molecule has 0 radical (unpaired) electrons. The summed E-state index contributed by atoms with van der Waals surface area (Å²) in [4.78, 5) is 0. The van der Waals surface area contributed by atoms with Gasteiger partial charge in [-0.15, -0.1) is 0 Å². The fourth-order valence-corrected chi connectivity index (χ4v) is 6.52. The van der Waals surface area contributed by atoms with Crippen LogP contribution in [0.4, 0.5) is 0 Å². The summed E-state index contributed by atoms with van der Waals surface area (Å²) in [6.07, 6.45) is -3.83. The molecule has 0 amide bonds. The highest BCUT2D eigenvalue weighted by Gasteiger charge is 2.19. The lowest BCUT2D eigenvalue weighted by Crippen LogP contribution is -2.29. The molecule has 9 aromatic carbocycles. The molecule has 238 valence electrons. The van der Waals surface area contributed by atoms with E-state index in [2.05, 4.69) is 0 Å². The van der Waals surface area contributed by atoms with Gasteiger partial charge in [0, 0.05) is 13.5 Å². The predicted molar refractivity (Wildman–Crippen MR) is 217 cm³/mol. The standard InChI is InChI=1S/C50H32O/c1-4-14-37-32(11-1)25-28-47-50(37)45-29-34(26-27-46(45)51-47)31-21-23-33(24-22-31)48-40-17-7-9-19-42(40)49(43-20-10-8-18-41(43)48)44-30-35-12-2-3-13-36(35)38-15-5-6-16-39(38)44/h1-4,7-30H,5-6H2/i1D,2D,3D,4D,5D,6D,7D,8D,9D,10D,11D,12D,13D,14D,15D,16D,17D,18D,19D,20D,21D,22D,23D,24D,25D,26D,27D,28D,29D,30D. The van der Waals surface area contributed by atoms with E-state index in [-0.39, 0.29) is 5.39 Å². The Balaban J connectivity index is 1.37. The lowest BCUT2D eigenvalue weighted by Gasteiger charge is -2.19. The number of furan rings is 1. The summed E-state index contributed by atoms with van der Waals surface area (Å²) in [5, 5.41) is -7.24. The monoisotopic (exact) mass is 678 g/mol. The first-order chi connectivity index (χ1) is 37.8. The molecule has 2 unspecified atom stereocenters. The summed E-state index contributed by atoms with van der Waals surface area (Å²) < 4.78 is 279. The summed E-state index contributed by atoms with van der Waals surface area (Å²) in [5.41, 5.74) is -5.94. The molecule has 1 heteroatoms. The second-order valence-corrected chi connectivity index (χ2v) is 11.4. The van der Waals surface area contributed by atoms with Gasteiger partial charge in [0.1, 0.15) is 11.2 Å². The van der Waals surface area contributed by atoms with Gasteiger partial charge in [0.15, 0.2) is 0 Å².